The van der Waals surface area contributed by atoms with Gasteiger partial charge >= 0.3 is 0 Å². The van der Waals surface area contributed by atoms with Crippen LogP contribution >= 0.6 is 0 Å². The number of aromatic hydroxyl groups is 1. The summed E-state index contributed by atoms with van der Waals surface area (Å²) in [5, 5.41) is 31.2. The van der Waals surface area contributed by atoms with Crippen molar-refractivity contribution in [2.75, 3.05) is 0 Å². The van der Waals surface area contributed by atoms with Crippen molar-refractivity contribution in [2.24, 2.45) is 0 Å². The Morgan fingerprint density at radius 3 is 2.59 bits per heavy atom. The molecule has 2 rings (SSSR count). The molecule has 1 aromatic heterocycles. The molecule has 1 aromatic carbocycles. The predicted octanol–water partition coefficient (Wildman–Crippen LogP) is 3.06. The van der Waals surface area contributed by atoms with Crippen LogP contribution in [0.15, 0.2) is 29.1 Å². The van der Waals surface area contributed by atoms with Gasteiger partial charge in [0.05, 0.1) is 10.5 Å². The SMILES string of the molecule is CCCCCn1c(O)c(C(=O)c2ccccc2[N+](=O)[O-])c(C)c(C#N)c1=O. The molecule has 0 aliphatic carbocycles. The predicted molar refractivity (Wildman–Crippen MR) is 97.9 cm³/mol. The number of nitro benzene ring substituents is 1. The van der Waals surface area contributed by atoms with Gasteiger partial charge < -0.3 is 5.11 Å². The summed E-state index contributed by atoms with van der Waals surface area (Å²) in [6.07, 6.45) is 2.26. The van der Waals surface area contributed by atoms with E-state index in [1.165, 1.54) is 31.2 Å². The van der Waals surface area contributed by atoms with Crippen LogP contribution in [0.5, 0.6) is 5.88 Å². The number of nitro groups is 1. The molecule has 0 saturated carbocycles. The van der Waals surface area contributed by atoms with Crippen molar-refractivity contribution in [2.45, 2.75) is 39.7 Å². The van der Waals surface area contributed by atoms with Crippen molar-refractivity contribution in [3.63, 3.8) is 0 Å². The first kappa shape index (κ1) is 19.8. The Morgan fingerprint density at radius 2 is 2.00 bits per heavy atom. The topological polar surface area (TPSA) is 126 Å². The lowest BCUT2D eigenvalue weighted by atomic mass is 9.96. The van der Waals surface area contributed by atoms with E-state index in [0.29, 0.717) is 6.42 Å². The summed E-state index contributed by atoms with van der Waals surface area (Å²) < 4.78 is 0.989. The van der Waals surface area contributed by atoms with Crippen LogP contribution in [0.1, 0.15) is 53.2 Å². The zero-order valence-corrected chi connectivity index (χ0v) is 15.1. The van der Waals surface area contributed by atoms with Gasteiger partial charge in [0.15, 0.2) is 0 Å². The molecule has 0 aliphatic rings. The summed E-state index contributed by atoms with van der Waals surface area (Å²) >= 11 is 0. The monoisotopic (exact) mass is 369 g/mol. The first-order chi connectivity index (χ1) is 12.8. The summed E-state index contributed by atoms with van der Waals surface area (Å²) in [4.78, 5) is 36.0. The average Bonchev–Trinajstić information content (AvgIpc) is 2.64. The van der Waals surface area contributed by atoms with Crippen LogP contribution in [0.25, 0.3) is 0 Å². The molecular formula is C19H19N3O5. The van der Waals surface area contributed by atoms with Gasteiger partial charge in [-0.15, -0.1) is 0 Å². The molecule has 1 heterocycles. The number of hydrogen-bond donors (Lipinski definition) is 1. The molecule has 0 unspecified atom stereocenters. The Bertz CT molecular complexity index is 1000. The van der Waals surface area contributed by atoms with E-state index in [9.17, 15) is 30.1 Å². The lowest BCUT2D eigenvalue weighted by Crippen LogP contribution is -2.27. The maximum Gasteiger partial charge on any atom is 0.280 e. The number of para-hydroxylation sites is 1. The molecule has 0 bridgehead atoms. The Balaban J connectivity index is 2.72. The lowest BCUT2D eigenvalue weighted by molar-refractivity contribution is -0.385. The smallest absolute Gasteiger partial charge is 0.280 e. The van der Waals surface area contributed by atoms with E-state index in [0.717, 1.165) is 17.4 Å². The minimum absolute atomic E-state index is 0.00916. The third-order valence-corrected chi connectivity index (χ3v) is 4.36. The van der Waals surface area contributed by atoms with Gasteiger partial charge in [-0.1, -0.05) is 31.9 Å². The molecule has 0 amide bonds. The minimum Gasteiger partial charge on any atom is -0.494 e. The van der Waals surface area contributed by atoms with E-state index in [2.05, 4.69) is 0 Å². The molecule has 0 atom stereocenters. The van der Waals surface area contributed by atoms with E-state index < -0.39 is 27.8 Å². The fraction of sp³-hybridized carbons (Fsp3) is 0.316. The van der Waals surface area contributed by atoms with Crippen molar-refractivity contribution >= 4 is 11.5 Å². The highest BCUT2D eigenvalue weighted by Gasteiger charge is 2.28. The fourth-order valence-corrected chi connectivity index (χ4v) is 2.91. The zero-order valence-electron chi connectivity index (χ0n) is 15.1. The maximum atomic E-state index is 13.0. The minimum atomic E-state index is -0.807. The van der Waals surface area contributed by atoms with Crippen LogP contribution in [0.2, 0.25) is 0 Å². The van der Waals surface area contributed by atoms with Gasteiger partial charge in [0, 0.05) is 12.6 Å². The highest BCUT2D eigenvalue weighted by Crippen LogP contribution is 2.28. The summed E-state index contributed by atoms with van der Waals surface area (Å²) in [6.45, 7) is 3.49. The molecule has 140 valence electrons. The number of aromatic nitrogens is 1. The molecular weight excluding hydrogens is 350 g/mol. The number of benzene rings is 1. The van der Waals surface area contributed by atoms with Gasteiger partial charge in [-0.25, -0.2) is 0 Å². The van der Waals surface area contributed by atoms with E-state index in [1.807, 2.05) is 6.92 Å². The quantitative estimate of drug-likeness (QED) is 0.346. The number of unbranched alkanes of at least 4 members (excludes halogenated alkanes) is 2. The first-order valence-electron chi connectivity index (χ1n) is 8.49. The van der Waals surface area contributed by atoms with Gasteiger partial charge in [0.25, 0.3) is 11.2 Å². The maximum absolute atomic E-state index is 13.0. The third kappa shape index (κ3) is 3.72. The zero-order chi connectivity index (χ0) is 20.1. The van der Waals surface area contributed by atoms with Gasteiger partial charge in [0.1, 0.15) is 17.2 Å². The van der Waals surface area contributed by atoms with Crippen molar-refractivity contribution in [1.29, 1.82) is 5.26 Å². The number of rotatable bonds is 7. The number of pyridine rings is 1. The van der Waals surface area contributed by atoms with Gasteiger partial charge in [0.2, 0.25) is 11.7 Å². The number of hydrogen-bond acceptors (Lipinski definition) is 6. The third-order valence-electron chi connectivity index (χ3n) is 4.36. The molecule has 0 radical (unpaired) electrons. The van der Waals surface area contributed by atoms with Gasteiger partial charge in [-0.2, -0.15) is 5.26 Å². The highest BCUT2D eigenvalue weighted by atomic mass is 16.6. The van der Waals surface area contributed by atoms with Crippen LogP contribution < -0.4 is 5.56 Å². The summed E-state index contributed by atoms with van der Waals surface area (Å²) in [6, 6.07) is 7.13. The summed E-state index contributed by atoms with van der Waals surface area (Å²) in [7, 11) is 0. The van der Waals surface area contributed by atoms with E-state index >= 15 is 0 Å². The molecule has 0 aliphatic heterocycles. The highest BCUT2D eigenvalue weighted by molar-refractivity contribution is 6.13. The standard InChI is InChI=1S/C19H19N3O5/c1-3-4-7-10-21-18(24)14(11-20)12(2)16(19(21)25)17(23)13-8-5-6-9-15(13)22(26)27/h5-6,8-9,25H,3-4,7,10H2,1-2H3. The van der Waals surface area contributed by atoms with Crippen molar-refractivity contribution in [3.05, 3.63) is 67.0 Å². The van der Waals surface area contributed by atoms with Crippen LogP contribution in [-0.2, 0) is 6.54 Å². The Morgan fingerprint density at radius 1 is 1.33 bits per heavy atom. The van der Waals surface area contributed by atoms with Gasteiger partial charge in [-0.05, 0) is 25.0 Å². The second-order valence-corrected chi connectivity index (χ2v) is 6.08. The van der Waals surface area contributed by atoms with Crippen molar-refractivity contribution in [3.8, 4) is 11.9 Å². The number of nitrogens with zero attached hydrogens (tertiary/aromatic N) is 3. The number of carbonyl (C=O) groups excluding carboxylic acids is 1. The molecule has 27 heavy (non-hydrogen) atoms. The van der Waals surface area contributed by atoms with E-state index in [-0.39, 0.29) is 28.8 Å². The molecule has 0 spiro atoms. The number of carbonyl (C=O) groups is 1. The van der Waals surface area contributed by atoms with E-state index in [4.69, 9.17) is 0 Å². The molecule has 0 fully saturated rings. The largest absolute Gasteiger partial charge is 0.494 e. The average molecular weight is 369 g/mol. The van der Waals surface area contributed by atoms with Crippen LogP contribution in [0.4, 0.5) is 5.69 Å². The molecule has 8 nitrogen and oxygen atoms in total. The molecule has 2 aromatic rings. The first-order valence-corrected chi connectivity index (χ1v) is 8.49. The van der Waals surface area contributed by atoms with Crippen LogP contribution in [0.3, 0.4) is 0 Å². The molecule has 8 heteroatoms. The number of nitriles is 1. The molecule has 1 N–H and O–H groups in total. The summed E-state index contributed by atoms with van der Waals surface area (Å²) in [5.41, 5.74) is -1.83. The molecule has 0 saturated heterocycles. The van der Waals surface area contributed by atoms with Crippen LogP contribution in [-0.4, -0.2) is 20.4 Å². The van der Waals surface area contributed by atoms with Crippen LogP contribution in [0, 0.1) is 28.4 Å². The Kier molecular flexibility index (Phi) is 6.08. The second kappa shape index (κ2) is 8.27. The van der Waals surface area contributed by atoms with Crippen molar-refractivity contribution < 1.29 is 14.8 Å². The normalized spacial score (nSPS) is 10.4. The Hall–Kier alpha value is -3.47. The lowest BCUT2D eigenvalue weighted by Gasteiger charge is -2.15. The summed E-state index contributed by atoms with van der Waals surface area (Å²) in [5.74, 6) is -1.38. The Labute approximate surface area is 155 Å². The van der Waals surface area contributed by atoms with E-state index in [1.54, 1.807) is 6.07 Å². The van der Waals surface area contributed by atoms with Gasteiger partial charge in [-0.3, -0.25) is 24.3 Å². The second-order valence-electron chi connectivity index (χ2n) is 6.08. The number of ketones is 1. The van der Waals surface area contributed by atoms with Crippen molar-refractivity contribution in [1.82, 2.24) is 4.57 Å². The fourth-order valence-electron chi connectivity index (χ4n) is 2.91.